The molecule has 0 atom stereocenters. The van der Waals surface area contributed by atoms with Crippen LogP contribution in [0.3, 0.4) is 0 Å². The number of ether oxygens (including phenoxy) is 2. The van der Waals surface area contributed by atoms with Crippen LogP contribution in [0.25, 0.3) is 11.8 Å². The van der Waals surface area contributed by atoms with E-state index < -0.39 is 19.0 Å². The summed E-state index contributed by atoms with van der Waals surface area (Å²) in [5.41, 5.74) is 1.61. The van der Waals surface area contributed by atoms with E-state index in [2.05, 4.69) is 4.98 Å². The Kier molecular flexibility index (Phi) is 7.68. The van der Waals surface area contributed by atoms with Gasteiger partial charge >= 0.3 is 11.9 Å². The summed E-state index contributed by atoms with van der Waals surface area (Å²) in [6, 6.07) is 14.5. The first kappa shape index (κ1) is 22.3. The van der Waals surface area contributed by atoms with Gasteiger partial charge in [0.2, 0.25) is 0 Å². The van der Waals surface area contributed by atoms with E-state index in [4.69, 9.17) is 14.2 Å². The molecule has 0 spiro atoms. The van der Waals surface area contributed by atoms with Gasteiger partial charge in [0.05, 0.1) is 25.5 Å². The highest BCUT2D eigenvalue weighted by atomic mass is 31.2. The summed E-state index contributed by atoms with van der Waals surface area (Å²) < 4.78 is 14.8. The molecule has 0 saturated carbocycles. The Morgan fingerprint density at radius 2 is 1.55 bits per heavy atom. The molecule has 0 aliphatic carbocycles. The van der Waals surface area contributed by atoms with Crippen LogP contribution in [0.2, 0.25) is 0 Å². The van der Waals surface area contributed by atoms with Gasteiger partial charge in [-0.2, -0.15) is 0 Å². The topological polar surface area (TPSA) is 77.9 Å². The Balaban J connectivity index is 2.94. The number of hydrogen-bond acceptors (Lipinski definition) is 6. The van der Waals surface area contributed by atoms with Crippen LogP contribution in [0.1, 0.15) is 11.3 Å². The molecule has 0 N–H and O–H groups in total. The lowest BCUT2D eigenvalue weighted by Gasteiger charge is -2.16. The van der Waals surface area contributed by atoms with Gasteiger partial charge in [0, 0.05) is 6.20 Å². The number of benzene rings is 1. The highest BCUT2D eigenvalue weighted by Gasteiger charge is 2.28. The smallest absolute Gasteiger partial charge is 0.341 e. The third-order valence-corrected chi connectivity index (χ3v) is 4.52. The summed E-state index contributed by atoms with van der Waals surface area (Å²) in [5, 5.41) is 0. The van der Waals surface area contributed by atoms with E-state index >= 15 is 0 Å². The number of pyridine rings is 1. The number of aromatic nitrogens is 1. The van der Waals surface area contributed by atoms with Gasteiger partial charge in [-0.1, -0.05) is 36.4 Å². The third kappa shape index (κ3) is 6.26. The third-order valence-electron chi connectivity index (χ3n) is 3.72. The molecular formula is C22H25N2O4P. The van der Waals surface area contributed by atoms with Gasteiger partial charge in [-0.25, -0.2) is 9.59 Å². The molecule has 1 aromatic heterocycles. The van der Waals surface area contributed by atoms with Crippen molar-refractivity contribution in [1.29, 1.82) is 0 Å². The summed E-state index contributed by atoms with van der Waals surface area (Å²) in [6.07, 6.45) is 3.21. The zero-order valence-electron chi connectivity index (χ0n) is 17.2. The highest BCUT2D eigenvalue weighted by molar-refractivity contribution is 7.64. The zero-order valence-corrected chi connectivity index (χ0v) is 18.1. The highest BCUT2D eigenvalue weighted by Crippen LogP contribution is 2.42. The van der Waals surface area contributed by atoms with Crippen molar-refractivity contribution < 1.29 is 19.1 Å². The number of rotatable bonds is 6. The molecule has 29 heavy (non-hydrogen) atoms. The molecule has 0 fully saturated rings. The Bertz CT molecular complexity index is 982. The fourth-order valence-electron chi connectivity index (χ4n) is 2.53. The predicted octanol–water partition coefficient (Wildman–Crippen LogP) is 4.31. The molecule has 2 rings (SSSR count). The average molecular weight is 412 g/mol. The molecule has 1 heterocycles. The SMILES string of the molecule is COC(=O)C(=C(\N=P(C)(C)C)c1ccccn1)/C(=C\c1ccccc1)C(=O)OC. The van der Waals surface area contributed by atoms with E-state index in [-0.39, 0.29) is 11.1 Å². The second-order valence-corrected chi connectivity index (χ2v) is 11.0. The lowest BCUT2D eigenvalue weighted by molar-refractivity contribution is -0.139. The molecule has 0 unspecified atom stereocenters. The molecular weight excluding hydrogens is 387 g/mol. The maximum atomic E-state index is 12.9. The van der Waals surface area contributed by atoms with Crippen LogP contribution in [-0.4, -0.2) is 51.1 Å². The van der Waals surface area contributed by atoms with Crippen molar-refractivity contribution in [2.45, 2.75) is 0 Å². The second-order valence-electron chi connectivity index (χ2n) is 6.93. The first-order valence-corrected chi connectivity index (χ1v) is 12.0. The van der Waals surface area contributed by atoms with E-state index in [9.17, 15) is 9.59 Å². The standard InChI is InChI=1S/C22H25N2O4P/c1-27-21(25)17(15-16-11-7-6-8-12-16)19(22(26)28-2)20(24-29(3,4)5)18-13-9-10-14-23-18/h6-15H,1-5H3/b17-15+,20-19-. The number of carbonyl (C=O) groups excluding carboxylic acids is 2. The molecule has 0 radical (unpaired) electrons. The summed E-state index contributed by atoms with van der Waals surface area (Å²) in [7, 11) is 0.772. The quantitative estimate of drug-likeness (QED) is 0.306. The maximum Gasteiger partial charge on any atom is 0.341 e. The van der Waals surface area contributed by atoms with Crippen LogP contribution < -0.4 is 0 Å². The Morgan fingerprint density at radius 1 is 0.931 bits per heavy atom. The molecule has 0 aliphatic rings. The van der Waals surface area contributed by atoms with Crippen molar-refractivity contribution in [2.24, 2.45) is 4.74 Å². The molecule has 2 aromatic rings. The summed E-state index contributed by atoms with van der Waals surface area (Å²) in [5.74, 6) is -1.35. The van der Waals surface area contributed by atoms with Gasteiger partial charge in [-0.3, -0.25) is 9.73 Å². The molecule has 1 aromatic carbocycles. The van der Waals surface area contributed by atoms with Gasteiger partial charge < -0.3 is 9.47 Å². The largest absolute Gasteiger partial charge is 0.465 e. The first-order chi connectivity index (χ1) is 13.8. The summed E-state index contributed by atoms with van der Waals surface area (Å²) in [6.45, 7) is 6.01. The van der Waals surface area contributed by atoms with Crippen LogP contribution in [0.5, 0.6) is 0 Å². The average Bonchev–Trinajstić information content (AvgIpc) is 2.72. The van der Waals surface area contributed by atoms with Crippen molar-refractivity contribution in [3.8, 4) is 0 Å². The van der Waals surface area contributed by atoms with Crippen molar-refractivity contribution in [2.75, 3.05) is 34.2 Å². The van der Waals surface area contributed by atoms with Gasteiger partial charge in [0.25, 0.3) is 0 Å². The van der Waals surface area contributed by atoms with Crippen LogP contribution in [-0.2, 0) is 19.1 Å². The van der Waals surface area contributed by atoms with E-state index in [1.54, 1.807) is 30.5 Å². The van der Waals surface area contributed by atoms with Crippen LogP contribution in [0, 0.1) is 0 Å². The molecule has 0 aliphatic heterocycles. The van der Waals surface area contributed by atoms with Gasteiger partial charge in [0.15, 0.2) is 0 Å². The Hall–Kier alpha value is -2.98. The van der Waals surface area contributed by atoms with Crippen LogP contribution >= 0.6 is 7.05 Å². The lowest BCUT2D eigenvalue weighted by Crippen LogP contribution is -2.17. The monoisotopic (exact) mass is 412 g/mol. The number of methoxy groups -OCH3 is 2. The summed E-state index contributed by atoms with van der Waals surface area (Å²) >= 11 is 0. The van der Waals surface area contributed by atoms with Crippen molar-refractivity contribution in [3.63, 3.8) is 0 Å². The Labute approximate surface area is 171 Å². The minimum absolute atomic E-state index is 0.0248. The van der Waals surface area contributed by atoms with E-state index in [1.165, 1.54) is 14.2 Å². The fraction of sp³-hybridized carbons (Fsp3) is 0.227. The molecule has 0 saturated heterocycles. The summed E-state index contributed by atoms with van der Waals surface area (Å²) in [4.78, 5) is 29.9. The second kappa shape index (κ2) is 9.99. The molecule has 7 heteroatoms. The number of nitrogens with zero attached hydrogens (tertiary/aromatic N) is 2. The van der Waals surface area contributed by atoms with Crippen LogP contribution in [0.15, 0.2) is 70.6 Å². The number of hydrogen-bond donors (Lipinski definition) is 0. The van der Waals surface area contributed by atoms with Crippen molar-refractivity contribution in [3.05, 3.63) is 77.1 Å². The molecule has 152 valence electrons. The van der Waals surface area contributed by atoms with Gasteiger partial charge in [0.1, 0.15) is 11.3 Å². The van der Waals surface area contributed by atoms with E-state index in [0.29, 0.717) is 11.4 Å². The normalized spacial score (nSPS) is 12.7. The van der Waals surface area contributed by atoms with Gasteiger partial charge in [-0.05, 0) is 50.8 Å². The minimum Gasteiger partial charge on any atom is -0.465 e. The molecule has 6 nitrogen and oxygen atoms in total. The van der Waals surface area contributed by atoms with Gasteiger partial charge in [-0.15, -0.1) is 0 Å². The maximum absolute atomic E-state index is 12.9. The number of carbonyl (C=O) groups is 2. The first-order valence-electron chi connectivity index (χ1n) is 8.91. The zero-order chi connectivity index (χ0) is 21.4. The fourth-order valence-corrected chi connectivity index (χ4v) is 3.33. The van der Waals surface area contributed by atoms with E-state index in [1.807, 2.05) is 50.3 Å². The van der Waals surface area contributed by atoms with Crippen molar-refractivity contribution in [1.82, 2.24) is 4.98 Å². The number of esters is 2. The predicted molar refractivity (Wildman–Crippen MR) is 117 cm³/mol. The van der Waals surface area contributed by atoms with E-state index in [0.717, 1.165) is 5.56 Å². The molecule has 0 bridgehead atoms. The molecule has 0 amide bonds. The Morgan fingerprint density at radius 3 is 2.07 bits per heavy atom. The van der Waals surface area contributed by atoms with Crippen LogP contribution in [0.4, 0.5) is 0 Å². The minimum atomic E-state index is -1.76. The van der Waals surface area contributed by atoms with Crippen molar-refractivity contribution >= 4 is 30.8 Å². The lowest BCUT2D eigenvalue weighted by atomic mass is 9.99.